The van der Waals surface area contributed by atoms with E-state index in [1.54, 1.807) is 6.07 Å². The average molecular weight is 341 g/mol. The van der Waals surface area contributed by atoms with Crippen LogP contribution < -0.4 is 10.1 Å². The highest BCUT2D eigenvalue weighted by Crippen LogP contribution is 2.28. The second-order valence-corrected chi connectivity index (χ2v) is 5.06. The van der Waals surface area contributed by atoms with E-state index in [0.29, 0.717) is 16.5 Å². The Bertz CT molecular complexity index is 750. The van der Waals surface area contributed by atoms with Crippen LogP contribution in [0.15, 0.2) is 36.4 Å². The summed E-state index contributed by atoms with van der Waals surface area (Å²) in [5, 5.41) is 14.2. The summed E-state index contributed by atoms with van der Waals surface area (Å²) in [4.78, 5) is 22.7. The van der Waals surface area contributed by atoms with Crippen LogP contribution in [0.4, 0.5) is 11.4 Å². The predicted molar refractivity (Wildman–Crippen MR) is 84.1 cm³/mol. The zero-order valence-corrected chi connectivity index (χ0v) is 12.8. The molecule has 0 heterocycles. The minimum atomic E-state index is -0.671. The number of nitrogens with zero attached hydrogens (tertiary/aromatic N) is 1. The number of hydrogen-bond donors (Lipinski definition) is 1. The molecule has 0 atom stereocenters. The SMILES string of the molecule is COc1ccc([N+](=O)[O-])c(C(=O)Nc2ccc(Cl)cc2Cl)c1. The monoisotopic (exact) mass is 340 g/mol. The number of rotatable bonds is 4. The third kappa shape index (κ3) is 3.47. The van der Waals surface area contributed by atoms with Gasteiger partial charge in [-0.05, 0) is 30.3 Å². The van der Waals surface area contributed by atoms with Crippen molar-refractivity contribution in [1.82, 2.24) is 0 Å². The second-order valence-electron chi connectivity index (χ2n) is 4.22. The van der Waals surface area contributed by atoms with E-state index in [2.05, 4.69) is 5.32 Å². The molecular formula is C14H10Cl2N2O4. The van der Waals surface area contributed by atoms with E-state index in [4.69, 9.17) is 27.9 Å². The summed E-state index contributed by atoms with van der Waals surface area (Å²) in [6, 6.07) is 8.41. The molecular weight excluding hydrogens is 331 g/mol. The van der Waals surface area contributed by atoms with Crippen LogP contribution in [0.1, 0.15) is 10.4 Å². The first kappa shape index (κ1) is 16.1. The fraction of sp³-hybridized carbons (Fsp3) is 0.0714. The first-order chi connectivity index (χ1) is 10.4. The molecule has 0 spiro atoms. The maximum Gasteiger partial charge on any atom is 0.282 e. The van der Waals surface area contributed by atoms with Gasteiger partial charge in [0.05, 0.1) is 22.7 Å². The summed E-state index contributed by atoms with van der Waals surface area (Å²) < 4.78 is 4.98. The van der Waals surface area contributed by atoms with E-state index in [1.807, 2.05) is 0 Å². The zero-order chi connectivity index (χ0) is 16.3. The Kier molecular flexibility index (Phi) is 4.85. The summed E-state index contributed by atoms with van der Waals surface area (Å²) in [5.41, 5.74) is -0.160. The van der Waals surface area contributed by atoms with Crippen LogP contribution in [0.2, 0.25) is 10.0 Å². The Hall–Kier alpha value is -2.31. The van der Waals surface area contributed by atoms with Crippen LogP contribution in [0.3, 0.4) is 0 Å². The largest absolute Gasteiger partial charge is 0.497 e. The topological polar surface area (TPSA) is 81.5 Å². The standard InChI is InChI=1S/C14H10Cl2N2O4/c1-22-9-3-5-13(18(20)21)10(7-9)14(19)17-12-4-2-8(15)6-11(12)16/h2-7H,1H3,(H,17,19). The van der Waals surface area contributed by atoms with Crippen LogP contribution in [0.25, 0.3) is 0 Å². The molecule has 0 aromatic heterocycles. The number of ether oxygens (including phenoxy) is 1. The van der Waals surface area contributed by atoms with Gasteiger partial charge in [-0.15, -0.1) is 0 Å². The molecule has 0 aliphatic heterocycles. The summed E-state index contributed by atoms with van der Waals surface area (Å²) in [6.07, 6.45) is 0. The Labute approximate surface area is 135 Å². The number of anilines is 1. The number of halogens is 2. The van der Waals surface area contributed by atoms with Gasteiger partial charge in [-0.1, -0.05) is 23.2 Å². The van der Waals surface area contributed by atoms with Gasteiger partial charge in [-0.25, -0.2) is 0 Å². The number of amides is 1. The molecule has 0 radical (unpaired) electrons. The van der Waals surface area contributed by atoms with Crippen LogP contribution in [-0.4, -0.2) is 17.9 Å². The first-order valence-electron chi connectivity index (χ1n) is 6.01. The summed E-state index contributed by atoms with van der Waals surface area (Å²) in [5.74, 6) is -0.340. The molecule has 2 aromatic rings. The summed E-state index contributed by atoms with van der Waals surface area (Å²) in [6.45, 7) is 0. The lowest BCUT2D eigenvalue weighted by atomic mass is 10.1. The Morgan fingerprint density at radius 1 is 1.23 bits per heavy atom. The van der Waals surface area contributed by atoms with Gasteiger partial charge < -0.3 is 10.1 Å². The molecule has 2 rings (SSSR count). The molecule has 0 bridgehead atoms. The molecule has 6 nitrogen and oxygen atoms in total. The molecule has 0 aliphatic carbocycles. The third-order valence-electron chi connectivity index (χ3n) is 2.82. The number of nitrogens with one attached hydrogen (secondary N) is 1. The van der Waals surface area contributed by atoms with Gasteiger partial charge in [0.15, 0.2) is 0 Å². The highest BCUT2D eigenvalue weighted by molar-refractivity contribution is 6.36. The average Bonchev–Trinajstić information content (AvgIpc) is 2.49. The van der Waals surface area contributed by atoms with Crippen molar-refractivity contribution in [1.29, 1.82) is 0 Å². The summed E-state index contributed by atoms with van der Waals surface area (Å²) >= 11 is 11.7. The number of methoxy groups -OCH3 is 1. The zero-order valence-electron chi connectivity index (χ0n) is 11.3. The molecule has 2 aromatic carbocycles. The lowest BCUT2D eigenvalue weighted by molar-refractivity contribution is -0.385. The highest BCUT2D eigenvalue weighted by atomic mass is 35.5. The Morgan fingerprint density at radius 3 is 2.55 bits per heavy atom. The van der Waals surface area contributed by atoms with E-state index in [-0.39, 0.29) is 16.3 Å². The fourth-order valence-electron chi connectivity index (χ4n) is 1.76. The Morgan fingerprint density at radius 2 is 1.95 bits per heavy atom. The lowest BCUT2D eigenvalue weighted by Gasteiger charge is -2.09. The third-order valence-corrected chi connectivity index (χ3v) is 3.37. The number of carbonyl (C=O) groups excluding carboxylic acids is 1. The van der Waals surface area contributed by atoms with Gasteiger partial charge in [0.2, 0.25) is 0 Å². The van der Waals surface area contributed by atoms with Crippen LogP contribution in [0, 0.1) is 10.1 Å². The van der Waals surface area contributed by atoms with Crippen LogP contribution in [-0.2, 0) is 0 Å². The number of nitro groups is 1. The van der Waals surface area contributed by atoms with Crippen molar-refractivity contribution in [2.24, 2.45) is 0 Å². The van der Waals surface area contributed by atoms with Crippen LogP contribution in [0.5, 0.6) is 5.75 Å². The predicted octanol–water partition coefficient (Wildman–Crippen LogP) is 4.16. The van der Waals surface area contributed by atoms with E-state index in [1.165, 1.54) is 37.4 Å². The molecule has 114 valence electrons. The molecule has 8 heteroatoms. The van der Waals surface area contributed by atoms with E-state index in [0.717, 1.165) is 0 Å². The maximum absolute atomic E-state index is 12.3. The van der Waals surface area contributed by atoms with Crippen molar-refractivity contribution in [3.05, 3.63) is 62.1 Å². The van der Waals surface area contributed by atoms with Gasteiger partial charge in [-0.3, -0.25) is 14.9 Å². The molecule has 1 N–H and O–H groups in total. The van der Waals surface area contributed by atoms with Gasteiger partial charge in [0.1, 0.15) is 11.3 Å². The normalized spacial score (nSPS) is 10.1. The minimum absolute atomic E-state index is 0.129. The second kappa shape index (κ2) is 6.64. The highest BCUT2D eigenvalue weighted by Gasteiger charge is 2.21. The van der Waals surface area contributed by atoms with Crippen molar-refractivity contribution in [3.63, 3.8) is 0 Å². The molecule has 0 saturated carbocycles. The Balaban J connectivity index is 2.38. The molecule has 0 saturated heterocycles. The van der Waals surface area contributed by atoms with Gasteiger partial charge in [0, 0.05) is 11.1 Å². The van der Waals surface area contributed by atoms with Crippen molar-refractivity contribution in [2.75, 3.05) is 12.4 Å². The van der Waals surface area contributed by atoms with E-state index < -0.39 is 10.8 Å². The molecule has 0 unspecified atom stereocenters. The van der Waals surface area contributed by atoms with Crippen molar-refractivity contribution < 1.29 is 14.5 Å². The molecule has 0 fully saturated rings. The number of hydrogen-bond acceptors (Lipinski definition) is 4. The maximum atomic E-state index is 12.3. The smallest absolute Gasteiger partial charge is 0.282 e. The number of carbonyl (C=O) groups is 1. The fourth-order valence-corrected chi connectivity index (χ4v) is 2.22. The van der Waals surface area contributed by atoms with Gasteiger partial charge in [0.25, 0.3) is 11.6 Å². The molecule has 0 aliphatic rings. The van der Waals surface area contributed by atoms with Crippen molar-refractivity contribution in [2.45, 2.75) is 0 Å². The molecule has 22 heavy (non-hydrogen) atoms. The minimum Gasteiger partial charge on any atom is -0.497 e. The number of benzene rings is 2. The van der Waals surface area contributed by atoms with Crippen molar-refractivity contribution >= 4 is 40.5 Å². The summed E-state index contributed by atoms with van der Waals surface area (Å²) in [7, 11) is 1.40. The quantitative estimate of drug-likeness (QED) is 0.669. The van der Waals surface area contributed by atoms with Crippen molar-refractivity contribution in [3.8, 4) is 5.75 Å². The molecule has 1 amide bonds. The van der Waals surface area contributed by atoms with Gasteiger partial charge >= 0.3 is 0 Å². The van der Waals surface area contributed by atoms with Crippen LogP contribution >= 0.6 is 23.2 Å². The van der Waals surface area contributed by atoms with Gasteiger partial charge in [-0.2, -0.15) is 0 Å². The van der Waals surface area contributed by atoms with E-state index >= 15 is 0 Å². The lowest BCUT2D eigenvalue weighted by Crippen LogP contribution is -2.14. The first-order valence-corrected chi connectivity index (χ1v) is 6.77. The van der Waals surface area contributed by atoms with E-state index in [9.17, 15) is 14.9 Å². The number of nitro benzene ring substituents is 1.